The van der Waals surface area contributed by atoms with Gasteiger partial charge in [0.05, 0.1) is 12.3 Å². The lowest BCUT2D eigenvalue weighted by atomic mass is 10.2. The van der Waals surface area contributed by atoms with Crippen LogP contribution in [0.4, 0.5) is 16.2 Å². The third-order valence-electron chi connectivity index (χ3n) is 4.34. The number of hydrogen-bond donors (Lipinski definition) is 2. The first kappa shape index (κ1) is 20.2. The fourth-order valence-corrected chi connectivity index (χ4v) is 4.12. The van der Waals surface area contributed by atoms with Gasteiger partial charge < -0.3 is 15.4 Å². The van der Waals surface area contributed by atoms with Crippen molar-refractivity contribution in [3.8, 4) is 0 Å². The lowest BCUT2D eigenvalue weighted by Gasteiger charge is -2.30. The number of fused-ring (bicyclic) bond motifs is 1. The molecule has 0 saturated carbocycles. The van der Waals surface area contributed by atoms with E-state index in [4.69, 9.17) is 4.74 Å². The summed E-state index contributed by atoms with van der Waals surface area (Å²) in [6.45, 7) is 5.49. The molecule has 0 fully saturated rings. The molecule has 2 N–H and O–H groups in total. The smallest absolute Gasteiger partial charge is 0.326 e. The summed E-state index contributed by atoms with van der Waals surface area (Å²) in [5.41, 5.74) is 4.02. The number of hydrogen-bond acceptors (Lipinski definition) is 5. The number of pyridine rings is 1. The number of amides is 3. The fourth-order valence-electron chi connectivity index (χ4n) is 3.04. The zero-order chi connectivity index (χ0) is 20.1. The molecule has 0 unspecified atom stereocenters. The highest BCUT2D eigenvalue weighted by Crippen LogP contribution is 2.36. The molecule has 1 aromatic heterocycles. The predicted octanol–water partition coefficient (Wildman–Crippen LogP) is 3.22. The van der Waals surface area contributed by atoms with Crippen LogP contribution in [0.5, 0.6) is 0 Å². The Labute approximate surface area is 168 Å². The number of ether oxygens (including phenoxy) is 1. The van der Waals surface area contributed by atoms with Gasteiger partial charge in [-0.05, 0) is 49.7 Å². The molecule has 0 saturated heterocycles. The highest BCUT2D eigenvalue weighted by Gasteiger charge is 2.26. The molecule has 0 aliphatic carbocycles. The Balaban J connectivity index is 1.68. The van der Waals surface area contributed by atoms with Crippen LogP contribution in [-0.2, 0) is 4.74 Å². The van der Waals surface area contributed by atoms with Gasteiger partial charge >= 0.3 is 6.03 Å². The van der Waals surface area contributed by atoms with Crippen LogP contribution < -0.4 is 15.5 Å². The molecule has 148 valence electrons. The van der Waals surface area contributed by atoms with Gasteiger partial charge in [-0.15, -0.1) is 11.8 Å². The minimum absolute atomic E-state index is 0.172. The van der Waals surface area contributed by atoms with Crippen molar-refractivity contribution in [3.63, 3.8) is 0 Å². The van der Waals surface area contributed by atoms with Gasteiger partial charge in [0.15, 0.2) is 0 Å². The van der Waals surface area contributed by atoms with Gasteiger partial charge in [0.2, 0.25) is 0 Å². The third kappa shape index (κ3) is 4.63. The molecule has 28 heavy (non-hydrogen) atoms. The minimum atomic E-state index is -0.201. The topological polar surface area (TPSA) is 83.6 Å². The summed E-state index contributed by atoms with van der Waals surface area (Å²) in [6.07, 6.45) is 0. The largest absolute Gasteiger partial charge is 0.383 e. The van der Waals surface area contributed by atoms with E-state index in [1.165, 1.54) is 0 Å². The van der Waals surface area contributed by atoms with Crippen molar-refractivity contribution in [1.29, 1.82) is 0 Å². The average Bonchev–Trinajstić information content (AvgIpc) is 2.68. The molecule has 3 rings (SSSR count). The number of nitrogens with one attached hydrogen (secondary N) is 2. The summed E-state index contributed by atoms with van der Waals surface area (Å²) in [5, 5.41) is 6.57. The number of aromatic nitrogens is 1. The van der Waals surface area contributed by atoms with Crippen LogP contribution in [0.15, 0.2) is 35.4 Å². The van der Waals surface area contributed by atoms with E-state index >= 15 is 0 Å². The van der Waals surface area contributed by atoms with E-state index in [1.54, 1.807) is 48.0 Å². The maximum absolute atomic E-state index is 12.8. The number of nitrogens with zero attached hydrogens (tertiary/aromatic N) is 2. The third-order valence-corrected chi connectivity index (χ3v) is 5.28. The van der Waals surface area contributed by atoms with Crippen molar-refractivity contribution < 1.29 is 14.3 Å². The Kier molecular flexibility index (Phi) is 6.53. The molecule has 1 aromatic carbocycles. The van der Waals surface area contributed by atoms with E-state index in [0.717, 1.165) is 27.7 Å². The van der Waals surface area contributed by atoms with Gasteiger partial charge in [0, 0.05) is 42.9 Å². The van der Waals surface area contributed by atoms with Crippen LogP contribution in [0.1, 0.15) is 21.6 Å². The second-order valence-electron chi connectivity index (χ2n) is 6.49. The first-order valence-corrected chi connectivity index (χ1v) is 10.0. The molecule has 1 aliphatic rings. The van der Waals surface area contributed by atoms with E-state index in [-0.39, 0.29) is 11.9 Å². The van der Waals surface area contributed by atoms with Crippen LogP contribution in [0, 0.1) is 13.8 Å². The lowest BCUT2D eigenvalue weighted by Crippen LogP contribution is -2.39. The first-order valence-electron chi connectivity index (χ1n) is 9.06. The van der Waals surface area contributed by atoms with Crippen LogP contribution in [0.2, 0.25) is 0 Å². The lowest BCUT2D eigenvalue weighted by molar-refractivity contribution is 0.0937. The molecule has 2 aromatic rings. The second-order valence-corrected chi connectivity index (χ2v) is 7.57. The molecule has 0 spiro atoms. The van der Waals surface area contributed by atoms with Crippen LogP contribution >= 0.6 is 11.8 Å². The summed E-state index contributed by atoms with van der Waals surface area (Å²) >= 11 is 1.67. The number of aryl methyl sites for hydroxylation is 2. The molecular formula is C20H24N4O3S. The maximum atomic E-state index is 12.8. The summed E-state index contributed by atoms with van der Waals surface area (Å²) < 4.78 is 4.92. The van der Waals surface area contributed by atoms with Gasteiger partial charge in [-0.1, -0.05) is 0 Å². The number of carbonyl (C=O) groups excluding carboxylic acids is 2. The Hall–Kier alpha value is -2.58. The standard InChI is InChI=1S/C20H24N4O3S/c1-13-12-14(2)22-19-17(13)24(9-11-28-19)20(26)23-16-6-4-15(5-7-16)18(25)21-8-10-27-3/h4-7,12H,8-11H2,1-3H3,(H,21,25)(H,23,26). The zero-order valence-electron chi connectivity index (χ0n) is 16.2. The fraction of sp³-hybridized carbons (Fsp3) is 0.350. The normalized spacial score (nSPS) is 13.0. The van der Waals surface area contributed by atoms with E-state index in [9.17, 15) is 9.59 Å². The van der Waals surface area contributed by atoms with E-state index < -0.39 is 0 Å². The molecule has 0 atom stereocenters. The molecular weight excluding hydrogens is 376 g/mol. The monoisotopic (exact) mass is 400 g/mol. The molecule has 8 heteroatoms. The van der Waals surface area contributed by atoms with E-state index in [2.05, 4.69) is 15.6 Å². The summed E-state index contributed by atoms with van der Waals surface area (Å²) in [4.78, 5) is 31.2. The zero-order valence-corrected chi connectivity index (χ0v) is 17.1. The van der Waals surface area contributed by atoms with Crippen molar-refractivity contribution in [1.82, 2.24) is 10.3 Å². The molecule has 3 amide bonds. The Morgan fingerprint density at radius 2 is 2.00 bits per heavy atom. The van der Waals surface area contributed by atoms with Crippen molar-refractivity contribution >= 4 is 35.1 Å². The molecule has 1 aliphatic heterocycles. The first-order chi connectivity index (χ1) is 13.5. The number of thioether (sulfide) groups is 1. The number of benzene rings is 1. The van der Waals surface area contributed by atoms with Crippen LogP contribution in [-0.4, -0.2) is 49.5 Å². The van der Waals surface area contributed by atoms with Gasteiger partial charge in [-0.25, -0.2) is 9.78 Å². The van der Waals surface area contributed by atoms with Gasteiger partial charge in [0.1, 0.15) is 5.03 Å². The Morgan fingerprint density at radius 1 is 1.25 bits per heavy atom. The summed E-state index contributed by atoms with van der Waals surface area (Å²) in [5.74, 6) is 0.630. The number of methoxy groups -OCH3 is 1. The number of rotatable bonds is 5. The van der Waals surface area contributed by atoms with Crippen molar-refractivity contribution in [2.45, 2.75) is 18.9 Å². The minimum Gasteiger partial charge on any atom is -0.383 e. The highest BCUT2D eigenvalue weighted by molar-refractivity contribution is 7.99. The molecule has 0 bridgehead atoms. The van der Waals surface area contributed by atoms with Crippen molar-refractivity contribution in [2.75, 3.05) is 42.8 Å². The van der Waals surface area contributed by atoms with E-state index in [0.29, 0.717) is 30.9 Å². The number of carbonyl (C=O) groups is 2. The van der Waals surface area contributed by atoms with Gasteiger partial charge in [0.25, 0.3) is 5.91 Å². The van der Waals surface area contributed by atoms with Gasteiger partial charge in [-0.2, -0.15) is 0 Å². The van der Waals surface area contributed by atoms with E-state index in [1.807, 2.05) is 19.9 Å². The van der Waals surface area contributed by atoms with Gasteiger partial charge in [-0.3, -0.25) is 9.69 Å². The average molecular weight is 401 g/mol. The number of anilines is 2. The highest BCUT2D eigenvalue weighted by atomic mass is 32.2. The summed E-state index contributed by atoms with van der Waals surface area (Å²) in [6, 6.07) is 8.61. The quantitative estimate of drug-likeness (QED) is 0.753. The van der Waals surface area contributed by atoms with Crippen LogP contribution in [0.3, 0.4) is 0 Å². The SMILES string of the molecule is COCCNC(=O)c1ccc(NC(=O)N2CCSc3nc(C)cc(C)c32)cc1. The summed E-state index contributed by atoms with van der Waals surface area (Å²) in [7, 11) is 1.59. The molecule has 7 nitrogen and oxygen atoms in total. The number of urea groups is 1. The molecule has 0 radical (unpaired) electrons. The van der Waals surface area contributed by atoms with Crippen molar-refractivity contribution in [3.05, 3.63) is 47.2 Å². The molecule has 2 heterocycles. The van der Waals surface area contributed by atoms with Crippen LogP contribution in [0.25, 0.3) is 0 Å². The predicted molar refractivity (Wildman–Crippen MR) is 111 cm³/mol. The Bertz CT molecular complexity index is 870. The van der Waals surface area contributed by atoms with Crippen molar-refractivity contribution in [2.24, 2.45) is 0 Å². The Morgan fingerprint density at radius 3 is 2.71 bits per heavy atom. The second kappa shape index (κ2) is 9.07. The maximum Gasteiger partial charge on any atom is 0.326 e.